The van der Waals surface area contributed by atoms with Crippen molar-refractivity contribution in [3.8, 4) is 5.75 Å². The number of nitrogens with one attached hydrogen (secondary N) is 2. The van der Waals surface area contributed by atoms with Gasteiger partial charge < -0.3 is 20.5 Å². The highest BCUT2D eigenvalue weighted by atomic mass is 35.5. The van der Waals surface area contributed by atoms with Gasteiger partial charge in [-0.1, -0.05) is 23.7 Å². The summed E-state index contributed by atoms with van der Waals surface area (Å²) in [5.41, 5.74) is 1.53. The maximum atomic E-state index is 11.8. The molecule has 0 unspecified atom stereocenters. The Morgan fingerprint density at radius 1 is 1.17 bits per heavy atom. The number of amides is 1. The van der Waals surface area contributed by atoms with Crippen molar-refractivity contribution in [3.63, 3.8) is 0 Å². The van der Waals surface area contributed by atoms with E-state index in [0.717, 1.165) is 17.0 Å². The van der Waals surface area contributed by atoms with Gasteiger partial charge >= 0.3 is 0 Å². The standard InChI is InChI=1S/C17H19ClN2O3/c1-23-15-8-2-12(3-9-15)16(21)10-20-17(22)11-19-14-6-4-13(18)5-7-14/h2-9,16,19,21H,10-11H2,1H3,(H,20,22)/t16-/m0/s1. The van der Waals surface area contributed by atoms with Crippen molar-refractivity contribution in [1.29, 1.82) is 0 Å². The summed E-state index contributed by atoms with van der Waals surface area (Å²) in [4.78, 5) is 11.8. The van der Waals surface area contributed by atoms with Crippen molar-refractivity contribution < 1.29 is 14.6 Å². The van der Waals surface area contributed by atoms with Crippen LogP contribution in [0.5, 0.6) is 5.75 Å². The third-order valence-corrected chi connectivity index (χ3v) is 3.54. The van der Waals surface area contributed by atoms with Crippen LogP contribution in [0.25, 0.3) is 0 Å². The molecular formula is C17H19ClN2O3. The molecule has 0 aliphatic rings. The first kappa shape index (κ1) is 17.1. The molecule has 1 amide bonds. The molecule has 0 saturated carbocycles. The number of aliphatic hydroxyl groups excluding tert-OH is 1. The molecule has 0 fully saturated rings. The molecule has 0 spiro atoms. The minimum atomic E-state index is -0.764. The van der Waals surface area contributed by atoms with Crippen molar-refractivity contribution in [2.75, 3.05) is 25.5 Å². The molecule has 5 nitrogen and oxygen atoms in total. The number of rotatable bonds is 7. The van der Waals surface area contributed by atoms with E-state index in [9.17, 15) is 9.90 Å². The second-order valence-corrected chi connectivity index (χ2v) is 5.39. The Balaban J connectivity index is 1.75. The highest BCUT2D eigenvalue weighted by Gasteiger charge is 2.09. The molecule has 0 aromatic heterocycles. The van der Waals surface area contributed by atoms with Crippen LogP contribution in [-0.2, 0) is 4.79 Å². The predicted molar refractivity (Wildman–Crippen MR) is 90.9 cm³/mol. The quantitative estimate of drug-likeness (QED) is 0.728. The maximum absolute atomic E-state index is 11.8. The Hall–Kier alpha value is -2.24. The summed E-state index contributed by atoms with van der Waals surface area (Å²) < 4.78 is 5.06. The van der Waals surface area contributed by atoms with E-state index in [1.165, 1.54) is 0 Å². The molecular weight excluding hydrogens is 316 g/mol. The summed E-state index contributed by atoms with van der Waals surface area (Å²) >= 11 is 5.79. The van der Waals surface area contributed by atoms with Gasteiger partial charge in [-0.25, -0.2) is 0 Å². The normalized spacial score (nSPS) is 11.6. The summed E-state index contributed by atoms with van der Waals surface area (Å²) in [7, 11) is 1.58. The van der Waals surface area contributed by atoms with Gasteiger partial charge in [-0.15, -0.1) is 0 Å². The maximum Gasteiger partial charge on any atom is 0.239 e. The Bertz CT molecular complexity index is 629. The Morgan fingerprint density at radius 3 is 2.43 bits per heavy atom. The van der Waals surface area contributed by atoms with E-state index in [1.54, 1.807) is 55.6 Å². The smallest absolute Gasteiger partial charge is 0.239 e. The van der Waals surface area contributed by atoms with Crippen LogP contribution in [-0.4, -0.2) is 31.2 Å². The van der Waals surface area contributed by atoms with E-state index in [1.807, 2.05) is 0 Å². The van der Waals surface area contributed by atoms with Gasteiger partial charge in [-0.05, 0) is 42.0 Å². The topological polar surface area (TPSA) is 70.6 Å². The van der Waals surface area contributed by atoms with Crippen molar-refractivity contribution >= 4 is 23.2 Å². The first-order chi connectivity index (χ1) is 11.1. The molecule has 0 bridgehead atoms. The first-order valence-electron chi connectivity index (χ1n) is 7.16. The summed E-state index contributed by atoms with van der Waals surface area (Å²) in [6.45, 7) is 0.268. The first-order valence-corrected chi connectivity index (χ1v) is 7.54. The van der Waals surface area contributed by atoms with E-state index in [2.05, 4.69) is 10.6 Å². The van der Waals surface area contributed by atoms with E-state index in [0.29, 0.717) is 5.02 Å². The molecule has 2 aromatic carbocycles. The van der Waals surface area contributed by atoms with Gasteiger partial charge in [0.15, 0.2) is 0 Å². The van der Waals surface area contributed by atoms with Crippen molar-refractivity contribution in [1.82, 2.24) is 5.32 Å². The van der Waals surface area contributed by atoms with Gasteiger partial charge in [-0.2, -0.15) is 0 Å². The molecule has 2 rings (SSSR count). The Morgan fingerprint density at radius 2 is 1.83 bits per heavy atom. The lowest BCUT2D eigenvalue weighted by molar-refractivity contribution is -0.119. The zero-order valence-electron chi connectivity index (χ0n) is 12.8. The van der Waals surface area contributed by atoms with Crippen molar-refractivity contribution in [3.05, 3.63) is 59.1 Å². The van der Waals surface area contributed by atoms with Crippen LogP contribution >= 0.6 is 11.6 Å². The van der Waals surface area contributed by atoms with Crippen molar-refractivity contribution in [2.45, 2.75) is 6.10 Å². The van der Waals surface area contributed by atoms with Gasteiger partial charge in [0.05, 0.1) is 19.8 Å². The van der Waals surface area contributed by atoms with Gasteiger partial charge in [0.1, 0.15) is 5.75 Å². The van der Waals surface area contributed by atoms with Crippen LogP contribution in [0, 0.1) is 0 Å². The molecule has 122 valence electrons. The number of hydrogen-bond acceptors (Lipinski definition) is 4. The summed E-state index contributed by atoms with van der Waals surface area (Å²) in [6, 6.07) is 14.1. The molecule has 0 aliphatic heterocycles. The van der Waals surface area contributed by atoms with Gasteiger partial charge in [0, 0.05) is 17.3 Å². The van der Waals surface area contributed by atoms with Crippen LogP contribution in [0.2, 0.25) is 5.02 Å². The number of anilines is 1. The number of carbonyl (C=O) groups is 1. The lowest BCUT2D eigenvalue weighted by atomic mass is 10.1. The highest BCUT2D eigenvalue weighted by molar-refractivity contribution is 6.30. The summed E-state index contributed by atoms with van der Waals surface area (Å²) in [5.74, 6) is 0.518. The fraction of sp³-hybridized carbons (Fsp3) is 0.235. The molecule has 1 atom stereocenters. The number of halogens is 1. The third-order valence-electron chi connectivity index (χ3n) is 3.29. The largest absolute Gasteiger partial charge is 0.497 e. The highest BCUT2D eigenvalue weighted by Crippen LogP contribution is 2.17. The molecule has 3 N–H and O–H groups in total. The number of ether oxygens (including phenoxy) is 1. The van der Waals surface area contributed by atoms with E-state index >= 15 is 0 Å². The second-order valence-electron chi connectivity index (χ2n) is 4.95. The molecule has 2 aromatic rings. The van der Waals surface area contributed by atoms with E-state index in [4.69, 9.17) is 16.3 Å². The lowest BCUT2D eigenvalue weighted by Gasteiger charge is -2.13. The van der Waals surface area contributed by atoms with Crippen molar-refractivity contribution in [2.24, 2.45) is 0 Å². The number of benzene rings is 2. The lowest BCUT2D eigenvalue weighted by Crippen LogP contribution is -2.33. The fourth-order valence-electron chi connectivity index (χ4n) is 1.97. The molecule has 23 heavy (non-hydrogen) atoms. The van der Waals surface area contributed by atoms with Gasteiger partial charge in [0.25, 0.3) is 0 Å². The Labute approximate surface area is 140 Å². The molecule has 0 aliphatic carbocycles. The van der Waals surface area contributed by atoms with Crippen LogP contribution < -0.4 is 15.4 Å². The number of carbonyl (C=O) groups excluding carboxylic acids is 1. The van der Waals surface area contributed by atoms with Gasteiger partial charge in [-0.3, -0.25) is 4.79 Å². The van der Waals surface area contributed by atoms with Crippen LogP contribution in [0.3, 0.4) is 0 Å². The zero-order chi connectivity index (χ0) is 16.7. The van der Waals surface area contributed by atoms with E-state index in [-0.39, 0.29) is 19.0 Å². The second kappa shape index (κ2) is 8.41. The molecule has 0 saturated heterocycles. The predicted octanol–water partition coefficient (Wildman–Crippen LogP) is 2.61. The fourth-order valence-corrected chi connectivity index (χ4v) is 2.09. The zero-order valence-corrected chi connectivity index (χ0v) is 13.5. The van der Waals surface area contributed by atoms with Crippen LogP contribution in [0.15, 0.2) is 48.5 Å². The van der Waals surface area contributed by atoms with Crippen LogP contribution in [0.4, 0.5) is 5.69 Å². The van der Waals surface area contributed by atoms with E-state index < -0.39 is 6.10 Å². The molecule has 6 heteroatoms. The third kappa shape index (κ3) is 5.47. The molecule has 0 heterocycles. The average Bonchev–Trinajstić information content (AvgIpc) is 2.59. The number of methoxy groups -OCH3 is 1. The minimum absolute atomic E-state index is 0.122. The van der Waals surface area contributed by atoms with Crippen LogP contribution in [0.1, 0.15) is 11.7 Å². The summed E-state index contributed by atoms with van der Waals surface area (Å²) in [5, 5.41) is 16.4. The molecule has 0 radical (unpaired) electrons. The summed E-state index contributed by atoms with van der Waals surface area (Å²) in [6.07, 6.45) is -0.764. The monoisotopic (exact) mass is 334 g/mol. The average molecular weight is 335 g/mol. The minimum Gasteiger partial charge on any atom is -0.497 e. The number of aliphatic hydroxyl groups is 1. The number of hydrogen-bond donors (Lipinski definition) is 3. The Kier molecular flexibility index (Phi) is 6.26. The van der Waals surface area contributed by atoms with Gasteiger partial charge in [0.2, 0.25) is 5.91 Å². The SMILES string of the molecule is COc1ccc([C@@H](O)CNC(=O)CNc2ccc(Cl)cc2)cc1.